The van der Waals surface area contributed by atoms with Crippen molar-refractivity contribution in [3.63, 3.8) is 0 Å². The summed E-state index contributed by atoms with van der Waals surface area (Å²) in [6, 6.07) is 3.92. The van der Waals surface area contributed by atoms with Crippen molar-refractivity contribution in [1.29, 1.82) is 0 Å². The van der Waals surface area contributed by atoms with Crippen molar-refractivity contribution < 1.29 is 14.3 Å². The second-order valence-electron chi connectivity index (χ2n) is 7.63. The van der Waals surface area contributed by atoms with E-state index in [2.05, 4.69) is 19.2 Å². The number of likely N-dealkylation sites (tertiary alicyclic amines) is 1. The lowest BCUT2D eigenvalue weighted by atomic mass is 10.1. The van der Waals surface area contributed by atoms with Crippen LogP contribution in [0.4, 0.5) is 4.79 Å². The van der Waals surface area contributed by atoms with Gasteiger partial charge in [0.1, 0.15) is 11.3 Å². The molecular weight excluding hydrogens is 306 g/mol. The first kappa shape index (κ1) is 18.4. The molecule has 2 rings (SSSR count). The summed E-state index contributed by atoms with van der Waals surface area (Å²) in [6.07, 6.45) is 3.23. The summed E-state index contributed by atoms with van der Waals surface area (Å²) < 4.78 is 7.28. The summed E-state index contributed by atoms with van der Waals surface area (Å²) >= 11 is 0. The predicted octanol–water partition coefficient (Wildman–Crippen LogP) is 3.20. The van der Waals surface area contributed by atoms with Crippen LogP contribution in [-0.4, -0.2) is 46.2 Å². The third kappa shape index (κ3) is 4.76. The summed E-state index contributed by atoms with van der Waals surface area (Å²) in [5.74, 6) is 0.0180. The molecule has 24 heavy (non-hydrogen) atoms. The van der Waals surface area contributed by atoms with Gasteiger partial charge >= 0.3 is 6.09 Å². The molecule has 0 bridgehead atoms. The van der Waals surface area contributed by atoms with Crippen LogP contribution in [0.2, 0.25) is 0 Å². The topological polar surface area (TPSA) is 63.6 Å². The summed E-state index contributed by atoms with van der Waals surface area (Å²) in [7, 11) is 0. The zero-order chi connectivity index (χ0) is 17.9. The molecular formula is C18H29N3O3. The Bertz CT molecular complexity index is 587. The largest absolute Gasteiger partial charge is 0.444 e. The van der Waals surface area contributed by atoms with Crippen molar-refractivity contribution in [2.45, 2.75) is 65.1 Å². The predicted molar refractivity (Wildman–Crippen MR) is 93.1 cm³/mol. The molecule has 1 fully saturated rings. The van der Waals surface area contributed by atoms with Gasteiger partial charge in [-0.15, -0.1) is 0 Å². The maximum Gasteiger partial charge on any atom is 0.407 e. The average Bonchev–Trinajstić information content (AvgIpc) is 2.94. The Labute approximate surface area is 144 Å². The molecule has 1 aromatic rings. The van der Waals surface area contributed by atoms with E-state index in [1.165, 1.54) is 0 Å². The number of rotatable bonds is 3. The quantitative estimate of drug-likeness (QED) is 0.922. The standard InChI is InChI=1S/C18H29N3O3/c1-13(2)21-11-7-9-15(21)16(22)20-10-6-8-14(12-20)19-17(23)24-18(3,4)5/h7,9,11,13-14H,6,8,10,12H2,1-5H3,(H,19,23)/t14-/m1/s1. The molecule has 1 N–H and O–H groups in total. The molecule has 0 aliphatic carbocycles. The average molecular weight is 335 g/mol. The van der Waals surface area contributed by atoms with Crippen molar-refractivity contribution in [2.75, 3.05) is 13.1 Å². The molecule has 6 nitrogen and oxygen atoms in total. The van der Waals surface area contributed by atoms with Gasteiger partial charge in [0.2, 0.25) is 0 Å². The fourth-order valence-corrected chi connectivity index (χ4v) is 2.94. The van der Waals surface area contributed by atoms with Crippen molar-refractivity contribution in [1.82, 2.24) is 14.8 Å². The lowest BCUT2D eigenvalue weighted by Gasteiger charge is -2.34. The number of amides is 2. The Morgan fingerprint density at radius 3 is 2.67 bits per heavy atom. The molecule has 2 heterocycles. The van der Waals surface area contributed by atoms with E-state index < -0.39 is 11.7 Å². The number of carbonyl (C=O) groups excluding carboxylic acids is 2. The molecule has 1 atom stereocenters. The SMILES string of the molecule is CC(C)n1cccc1C(=O)N1CCC[C@@H](NC(=O)OC(C)(C)C)C1. The highest BCUT2D eigenvalue weighted by Crippen LogP contribution is 2.18. The first-order chi connectivity index (χ1) is 11.2. The molecule has 2 amide bonds. The second kappa shape index (κ2) is 7.28. The Morgan fingerprint density at radius 1 is 1.33 bits per heavy atom. The molecule has 134 valence electrons. The number of nitrogens with one attached hydrogen (secondary N) is 1. The van der Waals surface area contributed by atoms with E-state index in [0.717, 1.165) is 12.8 Å². The van der Waals surface area contributed by atoms with E-state index in [1.54, 1.807) is 0 Å². The molecule has 1 aliphatic heterocycles. The lowest BCUT2D eigenvalue weighted by molar-refractivity contribution is 0.0450. The number of ether oxygens (including phenoxy) is 1. The molecule has 0 aromatic carbocycles. The van der Waals surface area contributed by atoms with E-state index in [1.807, 2.05) is 48.6 Å². The molecule has 1 saturated heterocycles. The van der Waals surface area contributed by atoms with Crippen molar-refractivity contribution in [3.8, 4) is 0 Å². The number of nitrogens with zero attached hydrogens (tertiary/aromatic N) is 2. The van der Waals surface area contributed by atoms with E-state index in [9.17, 15) is 9.59 Å². The van der Waals surface area contributed by atoms with Gasteiger partial charge in [0.25, 0.3) is 5.91 Å². The first-order valence-electron chi connectivity index (χ1n) is 8.63. The highest BCUT2D eigenvalue weighted by Gasteiger charge is 2.28. The summed E-state index contributed by atoms with van der Waals surface area (Å²) in [5, 5.41) is 2.88. The molecule has 6 heteroatoms. The van der Waals surface area contributed by atoms with Gasteiger partial charge in [-0.25, -0.2) is 4.79 Å². The van der Waals surface area contributed by atoms with Crippen LogP contribution in [0.5, 0.6) is 0 Å². The fraction of sp³-hybridized carbons (Fsp3) is 0.667. The normalized spacial score (nSPS) is 18.6. The highest BCUT2D eigenvalue weighted by molar-refractivity contribution is 5.93. The monoisotopic (exact) mass is 335 g/mol. The molecule has 0 saturated carbocycles. The number of hydrogen-bond acceptors (Lipinski definition) is 3. The van der Waals surface area contributed by atoms with Crippen molar-refractivity contribution in [3.05, 3.63) is 24.0 Å². The van der Waals surface area contributed by atoms with E-state index in [-0.39, 0.29) is 18.0 Å². The third-order valence-corrected chi connectivity index (χ3v) is 3.98. The Kier molecular flexibility index (Phi) is 5.57. The van der Waals surface area contributed by atoms with Crippen LogP contribution in [-0.2, 0) is 4.74 Å². The molecule has 1 aliphatic rings. The van der Waals surface area contributed by atoms with Gasteiger partial charge < -0.3 is 19.5 Å². The van der Waals surface area contributed by atoms with E-state index in [4.69, 9.17) is 4.74 Å². The minimum atomic E-state index is -0.521. The van der Waals surface area contributed by atoms with Crippen LogP contribution in [0.1, 0.15) is 64.0 Å². The molecule has 1 aromatic heterocycles. The van der Waals surface area contributed by atoms with Gasteiger partial charge in [-0.2, -0.15) is 0 Å². The summed E-state index contributed by atoms with van der Waals surface area (Å²) in [6.45, 7) is 10.9. The van der Waals surface area contributed by atoms with Crippen LogP contribution in [0, 0.1) is 0 Å². The van der Waals surface area contributed by atoms with Crippen molar-refractivity contribution >= 4 is 12.0 Å². The fourth-order valence-electron chi connectivity index (χ4n) is 2.94. The lowest BCUT2D eigenvalue weighted by Crippen LogP contribution is -2.50. The van der Waals surface area contributed by atoms with Gasteiger partial charge in [-0.3, -0.25) is 4.79 Å². The van der Waals surface area contributed by atoms with Gasteiger partial charge in [0.15, 0.2) is 0 Å². The summed E-state index contributed by atoms with van der Waals surface area (Å²) in [5.41, 5.74) is 0.176. The number of piperidine rings is 1. The second-order valence-corrected chi connectivity index (χ2v) is 7.63. The van der Waals surface area contributed by atoms with Crippen LogP contribution in [0.15, 0.2) is 18.3 Å². The van der Waals surface area contributed by atoms with Gasteiger partial charge in [-0.05, 0) is 59.6 Å². The Balaban J connectivity index is 1.99. The minimum Gasteiger partial charge on any atom is -0.444 e. The van der Waals surface area contributed by atoms with Crippen LogP contribution in [0.25, 0.3) is 0 Å². The van der Waals surface area contributed by atoms with Crippen LogP contribution >= 0.6 is 0 Å². The Hall–Kier alpha value is -1.98. The van der Waals surface area contributed by atoms with Crippen LogP contribution in [0.3, 0.4) is 0 Å². The maximum absolute atomic E-state index is 12.8. The number of hydrogen-bond donors (Lipinski definition) is 1. The van der Waals surface area contributed by atoms with Crippen molar-refractivity contribution in [2.24, 2.45) is 0 Å². The smallest absolute Gasteiger partial charge is 0.407 e. The maximum atomic E-state index is 12.8. The van der Waals surface area contributed by atoms with E-state index >= 15 is 0 Å². The van der Waals surface area contributed by atoms with Gasteiger partial charge in [0, 0.05) is 31.4 Å². The Morgan fingerprint density at radius 2 is 2.04 bits per heavy atom. The van der Waals surface area contributed by atoms with E-state index in [0.29, 0.717) is 18.8 Å². The highest BCUT2D eigenvalue weighted by atomic mass is 16.6. The third-order valence-electron chi connectivity index (χ3n) is 3.98. The first-order valence-corrected chi connectivity index (χ1v) is 8.63. The van der Waals surface area contributed by atoms with Gasteiger partial charge in [0.05, 0.1) is 0 Å². The number of alkyl carbamates (subject to hydrolysis) is 1. The summed E-state index contributed by atoms with van der Waals surface area (Å²) in [4.78, 5) is 26.6. The molecule has 0 unspecified atom stereocenters. The molecule has 0 radical (unpaired) electrons. The number of carbonyl (C=O) groups is 2. The van der Waals surface area contributed by atoms with Crippen LogP contribution < -0.4 is 5.32 Å². The van der Waals surface area contributed by atoms with Gasteiger partial charge in [-0.1, -0.05) is 0 Å². The molecule has 0 spiro atoms. The number of aromatic nitrogens is 1. The zero-order valence-electron chi connectivity index (χ0n) is 15.3. The zero-order valence-corrected chi connectivity index (χ0v) is 15.3. The minimum absolute atomic E-state index is 0.0180.